The summed E-state index contributed by atoms with van der Waals surface area (Å²) in [7, 11) is 2.15. The Labute approximate surface area is 193 Å². The van der Waals surface area contributed by atoms with Gasteiger partial charge in [-0.15, -0.1) is 0 Å². The third kappa shape index (κ3) is 4.20. The first-order chi connectivity index (χ1) is 15.8. The Morgan fingerprint density at radius 2 is 1.25 bits per heavy atom. The van der Waals surface area contributed by atoms with Crippen molar-refractivity contribution in [3.8, 4) is 0 Å². The zero-order chi connectivity index (χ0) is 21.8. The molecule has 1 aromatic heterocycles. The Balaban J connectivity index is 1.37. The fourth-order valence-electron chi connectivity index (χ4n) is 3.96. The van der Waals surface area contributed by atoms with Gasteiger partial charge in [-0.1, -0.05) is 84.2 Å². The maximum atomic E-state index is 2.30. The Bertz CT molecular complexity index is 1300. The first-order valence-electron chi connectivity index (χ1n) is 10.8. The predicted molar refractivity (Wildman–Crippen MR) is 137 cm³/mol. The summed E-state index contributed by atoms with van der Waals surface area (Å²) in [4.78, 5) is 2.28. The van der Waals surface area contributed by atoms with Crippen LogP contribution in [0.3, 0.4) is 0 Å². The average Bonchev–Trinajstić information content (AvgIpc) is 3.17. The molecule has 0 spiro atoms. The van der Waals surface area contributed by atoms with Crippen molar-refractivity contribution < 1.29 is 4.57 Å². The Morgan fingerprint density at radius 3 is 1.88 bits per heavy atom. The highest BCUT2D eigenvalue weighted by Gasteiger charge is 2.14. The highest BCUT2D eigenvalue weighted by atomic mass is 32.1. The van der Waals surface area contributed by atoms with Gasteiger partial charge in [0.05, 0.1) is 6.42 Å². The van der Waals surface area contributed by atoms with Crippen molar-refractivity contribution in [3.63, 3.8) is 0 Å². The molecule has 3 heteroatoms. The maximum Gasteiger partial charge on any atom is 0.241 e. The quantitative estimate of drug-likeness (QED) is 0.252. The molecule has 0 saturated heterocycles. The number of hydrogen-bond donors (Lipinski definition) is 0. The van der Waals surface area contributed by atoms with E-state index in [1.807, 2.05) is 11.3 Å². The van der Waals surface area contributed by atoms with Gasteiger partial charge in [0.2, 0.25) is 10.5 Å². The van der Waals surface area contributed by atoms with Gasteiger partial charge >= 0.3 is 0 Å². The van der Waals surface area contributed by atoms with Gasteiger partial charge in [-0.25, -0.2) is 0 Å². The molecule has 0 N–H and O–H groups in total. The van der Waals surface area contributed by atoms with Crippen LogP contribution in [0.1, 0.15) is 10.6 Å². The van der Waals surface area contributed by atoms with Gasteiger partial charge in [-0.05, 0) is 48.0 Å². The van der Waals surface area contributed by atoms with E-state index in [9.17, 15) is 0 Å². The number of anilines is 3. The molecule has 0 amide bonds. The molecule has 0 aliphatic carbocycles. The summed E-state index contributed by atoms with van der Waals surface area (Å²) < 4.78 is 3.63. The number of para-hydroxylation sites is 3. The van der Waals surface area contributed by atoms with E-state index in [2.05, 4.69) is 138 Å². The van der Waals surface area contributed by atoms with Crippen molar-refractivity contribution in [1.29, 1.82) is 0 Å². The van der Waals surface area contributed by atoms with Gasteiger partial charge in [-0.3, -0.25) is 0 Å². The number of aryl methyl sites for hydroxylation is 1. The second-order valence-electron chi connectivity index (χ2n) is 7.73. The average molecular weight is 434 g/mol. The van der Waals surface area contributed by atoms with Crippen LogP contribution in [0, 0.1) is 0 Å². The second kappa shape index (κ2) is 9.21. The molecule has 156 valence electrons. The maximum absolute atomic E-state index is 2.30. The number of fused-ring (bicyclic) bond motifs is 1. The van der Waals surface area contributed by atoms with E-state index >= 15 is 0 Å². The van der Waals surface area contributed by atoms with Crippen LogP contribution in [0.25, 0.3) is 16.3 Å². The van der Waals surface area contributed by atoms with Crippen LogP contribution in [0.4, 0.5) is 17.1 Å². The van der Waals surface area contributed by atoms with E-state index in [0.29, 0.717) is 0 Å². The molecule has 5 rings (SSSR count). The van der Waals surface area contributed by atoms with E-state index in [1.54, 1.807) is 0 Å². The number of rotatable bonds is 6. The van der Waals surface area contributed by atoms with Crippen molar-refractivity contribution in [1.82, 2.24) is 0 Å². The van der Waals surface area contributed by atoms with Crippen LogP contribution in [0.5, 0.6) is 0 Å². The molecular formula is C29H25N2S+. The van der Waals surface area contributed by atoms with Gasteiger partial charge in [0.15, 0.2) is 0 Å². The molecule has 0 saturated carbocycles. The molecule has 1 heterocycles. The minimum atomic E-state index is 0.928. The van der Waals surface area contributed by atoms with E-state index in [4.69, 9.17) is 0 Å². The summed E-state index contributed by atoms with van der Waals surface area (Å²) in [5, 5.41) is 1.36. The standard InChI is InChI=1S/C29H25N2S/c1-30-27-16-8-9-17-28(27)32-29(30)18-10-11-23-19-21-26(22-20-23)31(24-12-4-2-5-13-24)25-14-6-3-7-15-25/h2-17,19-22H,18H2,1H3/q+1/b11-10+. The minimum Gasteiger partial charge on any atom is -0.311 e. The highest BCUT2D eigenvalue weighted by Crippen LogP contribution is 2.34. The van der Waals surface area contributed by atoms with Crippen LogP contribution in [0.15, 0.2) is 115 Å². The van der Waals surface area contributed by atoms with Crippen molar-refractivity contribution in [3.05, 3.63) is 126 Å². The van der Waals surface area contributed by atoms with Crippen molar-refractivity contribution in [2.75, 3.05) is 4.90 Å². The number of nitrogens with zero attached hydrogens (tertiary/aromatic N) is 2. The molecule has 0 aliphatic rings. The summed E-state index contributed by atoms with van der Waals surface area (Å²) in [5.74, 6) is 0. The normalized spacial score (nSPS) is 11.3. The molecule has 0 fully saturated rings. The van der Waals surface area contributed by atoms with Crippen LogP contribution < -0.4 is 9.47 Å². The molecule has 0 aliphatic heterocycles. The first kappa shape index (κ1) is 20.2. The number of benzene rings is 4. The smallest absolute Gasteiger partial charge is 0.241 e. The Kier molecular flexibility index (Phi) is 5.82. The topological polar surface area (TPSA) is 7.12 Å². The van der Waals surface area contributed by atoms with Crippen LogP contribution >= 0.6 is 11.3 Å². The van der Waals surface area contributed by atoms with E-state index < -0.39 is 0 Å². The Hall–Kier alpha value is -3.69. The van der Waals surface area contributed by atoms with Crippen LogP contribution in [-0.2, 0) is 13.5 Å². The molecule has 32 heavy (non-hydrogen) atoms. The zero-order valence-electron chi connectivity index (χ0n) is 18.1. The Morgan fingerprint density at radius 1 is 0.688 bits per heavy atom. The lowest BCUT2D eigenvalue weighted by Crippen LogP contribution is -2.30. The van der Waals surface area contributed by atoms with Crippen molar-refractivity contribution in [2.24, 2.45) is 7.05 Å². The fourth-order valence-corrected chi connectivity index (χ4v) is 5.09. The lowest BCUT2D eigenvalue weighted by molar-refractivity contribution is -0.647. The third-order valence-corrected chi connectivity index (χ3v) is 6.85. The molecule has 5 aromatic rings. The molecule has 0 bridgehead atoms. The van der Waals surface area contributed by atoms with Crippen LogP contribution in [0.2, 0.25) is 0 Å². The SMILES string of the molecule is C[n+]1c(C/C=C/c2ccc(N(c3ccccc3)c3ccccc3)cc2)sc2ccccc21. The van der Waals surface area contributed by atoms with Gasteiger partial charge in [-0.2, -0.15) is 4.57 Å². The van der Waals surface area contributed by atoms with E-state index in [0.717, 1.165) is 23.5 Å². The molecule has 2 nitrogen and oxygen atoms in total. The number of allylic oxidation sites excluding steroid dienone is 1. The summed E-state index contributed by atoms with van der Waals surface area (Å²) in [6.07, 6.45) is 5.40. The number of thiazole rings is 1. The van der Waals surface area contributed by atoms with Crippen molar-refractivity contribution in [2.45, 2.75) is 6.42 Å². The lowest BCUT2D eigenvalue weighted by Gasteiger charge is -2.25. The molecule has 0 atom stereocenters. The third-order valence-electron chi connectivity index (χ3n) is 5.61. The summed E-state index contributed by atoms with van der Waals surface area (Å²) in [6, 6.07) is 38.4. The van der Waals surface area contributed by atoms with Gasteiger partial charge in [0, 0.05) is 23.1 Å². The van der Waals surface area contributed by atoms with E-state index in [1.165, 1.54) is 20.8 Å². The lowest BCUT2D eigenvalue weighted by atomic mass is 10.1. The number of hydrogen-bond acceptors (Lipinski definition) is 2. The fraction of sp³-hybridized carbons (Fsp3) is 0.0690. The zero-order valence-corrected chi connectivity index (χ0v) is 18.9. The largest absolute Gasteiger partial charge is 0.311 e. The van der Waals surface area contributed by atoms with Gasteiger partial charge in [0.25, 0.3) is 0 Å². The van der Waals surface area contributed by atoms with Gasteiger partial charge < -0.3 is 4.90 Å². The van der Waals surface area contributed by atoms with E-state index in [-0.39, 0.29) is 0 Å². The second-order valence-corrected chi connectivity index (χ2v) is 8.84. The van der Waals surface area contributed by atoms with Gasteiger partial charge in [0.1, 0.15) is 11.7 Å². The number of aromatic nitrogens is 1. The molecule has 4 aromatic carbocycles. The highest BCUT2D eigenvalue weighted by molar-refractivity contribution is 7.18. The molecule has 0 radical (unpaired) electrons. The first-order valence-corrected chi connectivity index (χ1v) is 11.6. The molecular weight excluding hydrogens is 408 g/mol. The monoisotopic (exact) mass is 433 g/mol. The minimum absolute atomic E-state index is 0.928. The summed E-state index contributed by atoms with van der Waals surface area (Å²) in [6.45, 7) is 0. The van der Waals surface area contributed by atoms with Crippen LogP contribution in [-0.4, -0.2) is 0 Å². The summed E-state index contributed by atoms with van der Waals surface area (Å²) >= 11 is 1.87. The predicted octanol–water partition coefficient (Wildman–Crippen LogP) is 7.45. The molecule has 0 unspecified atom stereocenters. The summed E-state index contributed by atoms with van der Waals surface area (Å²) in [5.41, 5.74) is 5.96. The van der Waals surface area contributed by atoms with Crippen molar-refractivity contribution >= 4 is 44.7 Å².